The first-order valence-electron chi connectivity index (χ1n) is 6.42. The molecule has 0 radical (unpaired) electrons. The SMILES string of the molecule is CC(C(=O)NCC(O)c1cc(Cl)cc(Cl)c1)c1cccs1. The number of thiophene rings is 1. The molecule has 21 heavy (non-hydrogen) atoms. The van der Waals surface area contributed by atoms with Crippen molar-refractivity contribution < 1.29 is 9.90 Å². The highest BCUT2D eigenvalue weighted by Gasteiger charge is 2.17. The smallest absolute Gasteiger partial charge is 0.228 e. The van der Waals surface area contributed by atoms with Gasteiger partial charge in [-0.25, -0.2) is 0 Å². The average Bonchev–Trinajstić information content (AvgIpc) is 2.96. The lowest BCUT2D eigenvalue weighted by Gasteiger charge is -2.15. The fourth-order valence-corrected chi connectivity index (χ4v) is 3.23. The van der Waals surface area contributed by atoms with Gasteiger partial charge in [-0.05, 0) is 42.1 Å². The molecule has 112 valence electrons. The molecule has 0 aliphatic heterocycles. The van der Waals surface area contributed by atoms with Gasteiger partial charge >= 0.3 is 0 Å². The van der Waals surface area contributed by atoms with Crippen LogP contribution in [-0.2, 0) is 4.79 Å². The topological polar surface area (TPSA) is 49.3 Å². The van der Waals surface area contributed by atoms with E-state index in [2.05, 4.69) is 5.32 Å². The van der Waals surface area contributed by atoms with E-state index in [-0.39, 0.29) is 18.4 Å². The number of benzene rings is 1. The Morgan fingerprint density at radius 1 is 1.33 bits per heavy atom. The van der Waals surface area contributed by atoms with Crippen LogP contribution in [-0.4, -0.2) is 17.6 Å². The summed E-state index contributed by atoms with van der Waals surface area (Å²) >= 11 is 13.3. The second-order valence-electron chi connectivity index (χ2n) is 4.70. The Bertz CT molecular complexity index is 596. The summed E-state index contributed by atoms with van der Waals surface area (Å²) in [6.07, 6.45) is -0.847. The fraction of sp³-hybridized carbons (Fsp3) is 0.267. The molecule has 2 unspecified atom stereocenters. The number of carbonyl (C=O) groups is 1. The molecule has 0 saturated heterocycles. The van der Waals surface area contributed by atoms with Crippen LogP contribution in [0.2, 0.25) is 10.0 Å². The fourth-order valence-electron chi connectivity index (χ4n) is 1.90. The van der Waals surface area contributed by atoms with Gasteiger partial charge in [0.2, 0.25) is 5.91 Å². The van der Waals surface area contributed by atoms with E-state index < -0.39 is 6.10 Å². The van der Waals surface area contributed by atoms with Gasteiger partial charge in [0, 0.05) is 21.5 Å². The number of carbonyl (C=O) groups excluding carboxylic acids is 1. The Balaban J connectivity index is 1.94. The van der Waals surface area contributed by atoms with Crippen molar-refractivity contribution in [1.29, 1.82) is 0 Å². The summed E-state index contributed by atoms with van der Waals surface area (Å²) in [5.74, 6) is -0.357. The minimum absolute atomic E-state index is 0.116. The zero-order valence-corrected chi connectivity index (χ0v) is 13.7. The molecule has 0 bridgehead atoms. The highest BCUT2D eigenvalue weighted by molar-refractivity contribution is 7.10. The van der Waals surface area contributed by atoms with E-state index in [1.807, 2.05) is 24.4 Å². The van der Waals surface area contributed by atoms with E-state index in [1.54, 1.807) is 18.2 Å². The first-order chi connectivity index (χ1) is 9.97. The molecule has 2 rings (SSSR count). The van der Waals surface area contributed by atoms with Gasteiger partial charge < -0.3 is 10.4 Å². The molecule has 2 aromatic rings. The number of nitrogens with one attached hydrogen (secondary N) is 1. The lowest BCUT2D eigenvalue weighted by molar-refractivity contribution is -0.122. The molecule has 1 aromatic heterocycles. The number of hydrogen-bond acceptors (Lipinski definition) is 3. The monoisotopic (exact) mass is 343 g/mol. The standard InChI is InChI=1S/C15H15Cl2NO2S/c1-9(14-3-2-4-21-14)15(20)18-8-13(19)10-5-11(16)7-12(17)6-10/h2-7,9,13,19H,8H2,1H3,(H,18,20). The van der Waals surface area contributed by atoms with E-state index in [1.165, 1.54) is 11.3 Å². The quantitative estimate of drug-likeness (QED) is 0.861. The van der Waals surface area contributed by atoms with E-state index >= 15 is 0 Å². The lowest BCUT2D eigenvalue weighted by Crippen LogP contribution is -2.31. The van der Waals surface area contributed by atoms with Gasteiger partial charge in [0.25, 0.3) is 0 Å². The van der Waals surface area contributed by atoms with Crippen molar-refractivity contribution >= 4 is 40.4 Å². The van der Waals surface area contributed by atoms with Crippen LogP contribution in [0.25, 0.3) is 0 Å². The maximum atomic E-state index is 12.0. The maximum absolute atomic E-state index is 12.0. The van der Waals surface area contributed by atoms with Gasteiger partial charge in [-0.15, -0.1) is 11.3 Å². The number of aliphatic hydroxyl groups excluding tert-OH is 1. The summed E-state index contributed by atoms with van der Waals surface area (Å²) in [6.45, 7) is 1.95. The lowest BCUT2D eigenvalue weighted by atomic mass is 10.1. The number of amides is 1. The van der Waals surface area contributed by atoms with Crippen LogP contribution in [0.15, 0.2) is 35.7 Å². The van der Waals surface area contributed by atoms with Crippen LogP contribution in [0.1, 0.15) is 29.4 Å². The predicted octanol–water partition coefficient (Wildman–Crippen LogP) is 4.01. The van der Waals surface area contributed by atoms with Crippen molar-refractivity contribution in [3.63, 3.8) is 0 Å². The van der Waals surface area contributed by atoms with Gasteiger partial charge in [0.05, 0.1) is 12.0 Å². The zero-order valence-electron chi connectivity index (χ0n) is 11.3. The molecule has 3 nitrogen and oxygen atoms in total. The van der Waals surface area contributed by atoms with Crippen LogP contribution in [0.3, 0.4) is 0 Å². The first-order valence-corrected chi connectivity index (χ1v) is 8.06. The molecule has 2 atom stereocenters. The Morgan fingerprint density at radius 3 is 2.57 bits per heavy atom. The zero-order chi connectivity index (χ0) is 15.4. The molecule has 2 N–H and O–H groups in total. The van der Waals surface area contributed by atoms with E-state index in [0.717, 1.165) is 4.88 Å². The van der Waals surface area contributed by atoms with Gasteiger partial charge in [-0.2, -0.15) is 0 Å². The summed E-state index contributed by atoms with van der Waals surface area (Å²) in [4.78, 5) is 13.0. The first kappa shape index (κ1) is 16.3. The van der Waals surface area contributed by atoms with Gasteiger partial charge in [0.1, 0.15) is 0 Å². The molecule has 1 aromatic carbocycles. The summed E-state index contributed by atoms with van der Waals surface area (Å²) < 4.78 is 0. The molecule has 0 aliphatic rings. The summed E-state index contributed by atoms with van der Waals surface area (Å²) in [5.41, 5.74) is 0.580. The minimum atomic E-state index is -0.847. The van der Waals surface area contributed by atoms with Crippen LogP contribution < -0.4 is 5.32 Å². The summed E-state index contributed by atoms with van der Waals surface area (Å²) in [7, 11) is 0. The molecule has 1 heterocycles. The van der Waals surface area contributed by atoms with E-state index in [0.29, 0.717) is 15.6 Å². The molecular weight excluding hydrogens is 329 g/mol. The Hall–Kier alpha value is -1.07. The molecule has 0 saturated carbocycles. The van der Waals surface area contributed by atoms with Crippen LogP contribution in [0.5, 0.6) is 0 Å². The highest BCUT2D eigenvalue weighted by atomic mass is 35.5. The molecule has 0 aliphatic carbocycles. The number of aliphatic hydroxyl groups is 1. The second-order valence-corrected chi connectivity index (χ2v) is 6.55. The molecule has 0 spiro atoms. The van der Waals surface area contributed by atoms with E-state index in [9.17, 15) is 9.90 Å². The molecule has 0 fully saturated rings. The van der Waals surface area contributed by atoms with Gasteiger partial charge in [0.15, 0.2) is 0 Å². The predicted molar refractivity (Wildman–Crippen MR) is 87.2 cm³/mol. The normalized spacial score (nSPS) is 13.7. The largest absolute Gasteiger partial charge is 0.387 e. The third-order valence-electron chi connectivity index (χ3n) is 3.10. The van der Waals surface area contributed by atoms with Crippen molar-refractivity contribution in [2.24, 2.45) is 0 Å². The average molecular weight is 344 g/mol. The van der Waals surface area contributed by atoms with Crippen molar-refractivity contribution in [3.05, 3.63) is 56.2 Å². The van der Waals surface area contributed by atoms with Crippen molar-refractivity contribution in [3.8, 4) is 0 Å². The molecule has 6 heteroatoms. The van der Waals surface area contributed by atoms with Crippen molar-refractivity contribution in [2.45, 2.75) is 18.9 Å². The van der Waals surface area contributed by atoms with Crippen LogP contribution in [0, 0.1) is 0 Å². The minimum Gasteiger partial charge on any atom is -0.387 e. The third-order valence-corrected chi connectivity index (χ3v) is 4.59. The van der Waals surface area contributed by atoms with Crippen molar-refractivity contribution in [2.75, 3.05) is 6.54 Å². The molecular formula is C15H15Cl2NO2S. The number of rotatable bonds is 5. The van der Waals surface area contributed by atoms with Crippen LogP contribution >= 0.6 is 34.5 Å². The van der Waals surface area contributed by atoms with E-state index in [4.69, 9.17) is 23.2 Å². The molecule has 1 amide bonds. The maximum Gasteiger partial charge on any atom is 0.228 e. The number of halogens is 2. The number of hydrogen-bond donors (Lipinski definition) is 2. The Morgan fingerprint density at radius 2 is 2.00 bits per heavy atom. The van der Waals surface area contributed by atoms with Crippen molar-refractivity contribution in [1.82, 2.24) is 5.32 Å². The summed E-state index contributed by atoms with van der Waals surface area (Å²) in [6, 6.07) is 8.69. The second kappa shape index (κ2) is 7.27. The highest BCUT2D eigenvalue weighted by Crippen LogP contribution is 2.24. The Kier molecular flexibility index (Phi) is 5.65. The van der Waals surface area contributed by atoms with Gasteiger partial charge in [-0.3, -0.25) is 4.79 Å². The van der Waals surface area contributed by atoms with Crippen LogP contribution in [0.4, 0.5) is 0 Å². The Labute approximate surface area is 137 Å². The third kappa shape index (κ3) is 4.45. The van der Waals surface area contributed by atoms with Gasteiger partial charge in [-0.1, -0.05) is 29.3 Å². The summed E-state index contributed by atoms with van der Waals surface area (Å²) in [5, 5.41) is 15.7.